The van der Waals surface area contributed by atoms with E-state index in [1.54, 1.807) is 12.1 Å². The zero-order chi connectivity index (χ0) is 13.4. The fourth-order valence-electron chi connectivity index (χ4n) is 2.52. The van der Waals surface area contributed by atoms with E-state index in [2.05, 4.69) is 4.57 Å². The Hall–Kier alpha value is -1.81. The van der Waals surface area contributed by atoms with Crippen LogP contribution in [0.3, 0.4) is 0 Å². The number of rotatable bonds is 3. The van der Waals surface area contributed by atoms with Gasteiger partial charge in [-0.3, -0.25) is 0 Å². The summed E-state index contributed by atoms with van der Waals surface area (Å²) in [6, 6.07) is 3.47. The largest absolute Gasteiger partial charge is 0.478 e. The number of aromatic nitrogens is 1. The molecule has 0 aliphatic heterocycles. The van der Waals surface area contributed by atoms with E-state index in [0.717, 1.165) is 34.3 Å². The van der Waals surface area contributed by atoms with Gasteiger partial charge in [0, 0.05) is 24.2 Å². The summed E-state index contributed by atoms with van der Waals surface area (Å²) < 4.78 is 2.17. The Bertz CT molecular complexity index is 626. The molecule has 0 aliphatic rings. The molecule has 4 heteroatoms. The maximum absolute atomic E-state index is 11.1. The second-order valence-electron chi connectivity index (χ2n) is 4.65. The Morgan fingerprint density at radius 2 is 2.00 bits per heavy atom. The zero-order valence-electron chi connectivity index (χ0n) is 10.9. The Kier molecular flexibility index (Phi) is 3.13. The molecule has 1 aromatic heterocycles. The van der Waals surface area contributed by atoms with Crippen molar-refractivity contribution >= 4 is 16.9 Å². The van der Waals surface area contributed by atoms with Crippen LogP contribution in [0.25, 0.3) is 10.9 Å². The van der Waals surface area contributed by atoms with Crippen LogP contribution < -0.4 is 5.73 Å². The maximum atomic E-state index is 11.1. The molecule has 2 aromatic rings. The van der Waals surface area contributed by atoms with E-state index in [-0.39, 0.29) is 0 Å². The quantitative estimate of drug-likeness (QED) is 0.872. The smallest absolute Gasteiger partial charge is 0.335 e. The number of fused-ring (bicyclic) bond motifs is 1. The number of aryl methyl sites for hydroxylation is 2. The van der Waals surface area contributed by atoms with E-state index in [0.29, 0.717) is 12.1 Å². The van der Waals surface area contributed by atoms with Crippen LogP contribution in [0.5, 0.6) is 0 Å². The van der Waals surface area contributed by atoms with Crippen molar-refractivity contribution in [3.8, 4) is 0 Å². The molecule has 0 spiro atoms. The lowest BCUT2D eigenvalue weighted by Gasteiger charge is -2.08. The lowest BCUT2D eigenvalue weighted by Crippen LogP contribution is -2.11. The summed E-state index contributed by atoms with van der Waals surface area (Å²) in [4.78, 5) is 11.1. The molecule has 0 fully saturated rings. The van der Waals surface area contributed by atoms with Gasteiger partial charge in [-0.15, -0.1) is 0 Å². The molecule has 2 rings (SSSR count). The average molecular weight is 246 g/mol. The van der Waals surface area contributed by atoms with Gasteiger partial charge in [0.1, 0.15) is 0 Å². The monoisotopic (exact) mass is 246 g/mol. The van der Waals surface area contributed by atoms with Crippen molar-refractivity contribution in [2.75, 3.05) is 6.54 Å². The molecule has 3 N–H and O–H groups in total. The molecule has 0 amide bonds. The van der Waals surface area contributed by atoms with Crippen molar-refractivity contribution in [2.24, 2.45) is 5.73 Å². The Labute approximate surface area is 106 Å². The molecule has 0 radical (unpaired) electrons. The fourth-order valence-corrected chi connectivity index (χ4v) is 2.52. The number of hydrogen-bond acceptors (Lipinski definition) is 2. The van der Waals surface area contributed by atoms with Crippen LogP contribution in [0.2, 0.25) is 0 Å². The fraction of sp³-hybridized carbons (Fsp3) is 0.357. The molecule has 0 unspecified atom stereocenters. The molecule has 4 nitrogen and oxygen atoms in total. The number of nitrogens with zero attached hydrogens (tertiary/aromatic N) is 1. The first-order valence-electron chi connectivity index (χ1n) is 6.00. The standard InChI is InChI=1S/C14H18N2O2/c1-8-6-11(14(17)18)7-12-9(2)10(3)16(5-4-15)13(8)12/h6-7H,4-5,15H2,1-3H3,(H,17,18). The van der Waals surface area contributed by atoms with Crippen LogP contribution in [0.1, 0.15) is 27.2 Å². The first-order chi connectivity index (χ1) is 8.47. The normalized spacial score (nSPS) is 11.1. The van der Waals surface area contributed by atoms with Gasteiger partial charge in [-0.25, -0.2) is 4.79 Å². The third kappa shape index (κ3) is 1.78. The van der Waals surface area contributed by atoms with Gasteiger partial charge in [0.15, 0.2) is 0 Å². The van der Waals surface area contributed by atoms with Gasteiger partial charge in [0.25, 0.3) is 0 Å². The molecule has 96 valence electrons. The van der Waals surface area contributed by atoms with Crippen LogP contribution in [0.15, 0.2) is 12.1 Å². The Morgan fingerprint density at radius 3 is 2.56 bits per heavy atom. The Balaban J connectivity index is 2.83. The molecular weight excluding hydrogens is 228 g/mol. The first kappa shape index (κ1) is 12.6. The van der Waals surface area contributed by atoms with Crippen LogP contribution >= 0.6 is 0 Å². The first-order valence-corrected chi connectivity index (χ1v) is 6.00. The van der Waals surface area contributed by atoms with Crippen LogP contribution in [0, 0.1) is 20.8 Å². The number of carbonyl (C=O) groups is 1. The van der Waals surface area contributed by atoms with Gasteiger partial charge in [-0.1, -0.05) is 0 Å². The van der Waals surface area contributed by atoms with Crippen LogP contribution in [-0.2, 0) is 6.54 Å². The minimum Gasteiger partial charge on any atom is -0.478 e. The number of aromatic carboxylic acids is 1. The van der Waals surface area contributed by atoms with Gasteiger partial charge in [-0.2, -0.15) is 0 Å². The van der Waals surface area contributed by atoms with Crippen molar-refractivity contribution in [1.82, 2.24) is 4.57 Å². The Morgan fingerprint density at radius 1 is 1.33 bits per heavy atom. The summed E-state index contributed by atoms with van der Waals surface area (Å²) in [5.74, 6) is -0.886. The van der Waals surface area contributed by atoms with Gasteiger partial charge < -0.3 is 15.4 Å². The van der Waals surface area contributed by atoms with E-state index in [9.17, 15) is 4.79 Å². The number of carboxylic acid groups (broad SMARTS) is 1. The molecule has 0 saturated heterocycles. The molecule has 1 heterocycles. The summed E-state index contributed by atoms with van der Waals surface area (Å²) in [5, 5.41) is 10.1. The van der Waals surface area contributed by atoms with Gasteiger partial charge in [-0.05, 0) is 44.0 Å². The third-order valence-electron chi connectivity index (χ3n) is 3.52. The molecule has 0 bridgehead atoms. The molecule has 18 heavy (non-hydrogen) atoms. The summed E-state index contributed by atoms with van der Waals surface area (Å²) >= 11 is 0. The number of hydrogen-bond donors (Lipinski definition) is 2. The maximum Gasteiger partial charge on any atom is 0.335 e. The van der Waals surface area contributed by atoms with Crippen LogP contribution in [0.4, 0.5) is 0 Å². The van der Waals surface area contributed by atoms with Crippen molar-refractivity contribution in [3.63, 3.8) is 0 Å². The minimum absolute atomic E-state index is 0.341. The lowest BCUT2D eigenvalue weighted by molar-refractivity contribution is 0.0697. The second-order valence-corrected chi connectivity index (χ2v) is 4.65. The third-order valence-corrected chi connectivity index (χ3v) is 3.52. The number of carboxylic acids is 1. The summed E-state index contributed by atoms with van der Waals surface area (Å²) in [7, 11) is 0. The van der Waals surface area contributed by atoms with Gasteiger partial charge >= 0.3 is 5.97 Å². The highest BCUT2D eigenvalue weighted by atomic mass is 16.4. The van der Waals surface area contributed by atoms with Crippen molar-refractivity contribution in [2.45, 2.75) is 27.3 Å². The average Bonchev–Trinajstić information content (AvgIpc) is 2.55. The van der Waals surface area contributed by atoms with Gasteiger partial charge in [0.05, 0.1) is 11.1 Å². The SMILES string of the molecule is Cc1c(C)n(CCN)c2c(C)cc(C(=O)O)cc12. The molecule has 0 atom stereocenters. The van der Waals surface area contributed by atoms with Crippen molar-refractivity contribution in [3.05, 3.63) is 34.5 Å². The van der Waals surface area contributed by atoms with E-state index in [4.69, 9.17) is 10.8 Å². The molecule has 0 saturated carbocycles. The van der Waals surface area contributed by atoms with E-state index < -0.39 is 5.97 Å². The highest BCUT2D eigenvalue weighted by Crippen LogP contribution is 2.29. The number of nitrogens with two attached hydrogens (primary N) is 1. The predicted octanol–water partition coefficient (Wildman–Crippen LogP) is 2.22. The minimum atomic E-state index is -0.886. The second kappa shape index (κ2) is 4.46. The van der Waals surface area contributed by atoms with Gasteiger partial charge in [0.2, 0.25) is 0 Å². The van der Waals surface area contributed by atoms with Crippen molar-refractivity contribution in [1.29, 1.82) is 0 Å². The predicted molar refractivity (Wildman–Crippen MR) is 72.2 cm³/mol. The lowest BCUT2D eigenvalue weighted by atomic mass is 10.0. The molecule has 1 aromatic carbocycles. The topological polar surface area (TPSA) is 68.2 Å². The molecular formula is C14H18N2O2. The van der Waals surface area contributed by atoms with Crippen LogP contribution in [-0.4, -0.2) is 22.2 Å². The summed E-state index contributed by atoms with van der Waals surface area (Å²) in [6.45, 7) is 7.34. The van der Waals surface area contributed by atoms with Crippen molar-refractivity contribution < 1.29 is 9.90 Å². The van der Waals surface area contributed by atoms with E-state index in [1.807, 2.05) is 20.8 Å². The zero-order valence-corrected chi connectivity index (χ0v) is 10.9. The van der Waals surface area contributed by atoms with E-state index >= 15 is 0 Å². The molecule has 0 aliphatic carbocycles. The highest BCUT2D eigenvalue weighted by Gasteiger charge is 2.15. The summed E-state index contributed by atoms with van der Waals surface area (Å²) in [6.07, 6.45) is 0. The highest BCUT2D eigenvalue weighted by molar-refractivity contribution is 5.97. The van der Waals surface area contributed by atoms with E-state index in [1.165, 1.54) is 0 Å². The summed E-state index contributed by atoms with van der Waals surface area (Å²) in [5.41, 5.74) is 10.3. The number of benzene rings is 1.